The Kier molecular flexibility index (Phi) is 8.74. The molecule has 102 valence electrons. The van der Waals surface area contributed by atoms with Crippen molar-refractivity contribution in [3.63, 3.8) is 0 Å². The fourth-order valence-electron chi connectivity index (χ4n) is 1.41. The number of nitrogens with one attached hydrogen (secondary N) is 1. The van der Waals surface area contributed by atoms with Crippen molar-refractivity contribution in [1.82, 2.24) is 4.90 Å². The molecule has 4 nitrogen and oxygen atoms in total. The molecule has 1 aromatic carbocycles. The molecule has 0 saturated carbocycles. The van der Waals surface area contributed by atoms with Gasteiger partial charge in [-0.3, -0.25) is 4.99 Å². The lowest BCUT2D eigenvalue weighted by atomic mass is 10.2. The van der Waals surface area contributed by atoms with Crippen LogP contribution >= 0.6 is 24.0 Å². The van der Waals surface area contributed by atoms with Crippen LogP contribution in [-0.2, 0) is 0 Å². The highest BCUT2D eigenvalue weighted by Crippen LogP contribution is 2.08. The molecule has 1 rings (SSSR count). The Balaban J connectivity index is 0.00000289. The number of hydrogen-bond acceptors (Lipinski definition) is 2. The molecule has 0 unspecified atom stereocenters. The van der Waals surface area contributed by atoms with Crippen molar-refractivity contribution in [2.24, 2.45) is 10.7 Å². The van der Waals surface area contributed by atoms with E-state index in [2.05, 4.69) is 42.2 Å². The molecule has 0 fully saturated rings. The summed E-state index contributed by atoms with van der Waals surface area (Å²) in [6, 6.07) is 8.07. The lowest BCUT2D eigenvalue weighted by Gasteiger charge is -2.12. The molecule has 0 bridgehead atoms. The predicted octanol–water partition coefficient (Wildman–Crippen LogP) is 2.29. The summed E-state index contributed by atoms with van der Waals surface area (Å²) in [6.45, 7) is 6.84. The summed E-state index contributed by atoms with van der Waals surface area (Å²) in [4.78, 5) is 6.48. The van der Waals surface area contributed by atoms with Crippen LogP contribution in [0, 0.1) is 6.92 Å². The number of halogens is 1. The summed E-state index contributed by atoms with van der Waals surface area (Å²) >= 11 is 0. The van der Waals surface area contributed by atoms with Crippen molar-refractivity contribution < 1.29 is 0 Å². The van der Waals surface area contributed by atoms with E-state index in [9.17, 15) is 0 Å². The minimum absolute atomic E-state index is 0. The van der Waals surface area contributed by atoms with Gasteiger partial charge in [-0.2, -0.15) is 0 Å². The van der Waals surface area contributed by atoms with Crippen LogP contribution in [0.25, 0.3) is 0 Å². The highest BCUT2D eigenvalue weighted by molar-refractivity contribution is 14.0. The van der Waals surface area contributed by atoms with Crippen LogP contribution in [-0.4, -0.2) is 37.5 Å². The second kappa shape index (κ2) is 9.16. The monoisotopic (exact) mass is 362 g/mol. The Bertz CT molecular complexity index is 379. The van der Waals surface area contributed by atoms with E-state index < -0.39 is 0 Å². The lowest BCUT2D eigenvalue weighted by Crippen LogP contribution is -2.26. The van der Waals surface area contributed by atoms with Gasteiger partial charge in [-0.05, 0) is 38.2 Å². The standard InChI is InChI=1S/C13H22N4.HI/c1-4-17(3)9-8-15-13(14)16-12-7-5-6-11(2)10-12;/h5-7,10H,4,8-9H2,1-3H3,(H3,14,15,16);1H. The second-order valence-corrected chi connectivity index (χ2v) is 4.16. The first-order valence-electron chi connectivity index (χ1n) is 5.94. The van der Waals surface area contributed by atoms with Crippen molar-refractivity contribution in [2.75, 3.05) is 32.0 Å². The van der Waals surface area contributed by atoms with Gasteiger partial charge in [0.1, 0.15) is 0 Å². The number of guanidine groups is 1. The molecular formula is C13H23IN4. The fourth-order valence-corrected chi connectivity index (χ4v) is 1.41. The molecule has 0 aliphatic rings. The van der Waals surface area contributed by atoms with Gasteiger partial charge in [0, 0.05) is 12.2 Å². The third kappa shape index (κ3) is 6.80. The number of hydrogen-bond donors (Lipinski definition) is 2. The number of aliphatic imine (C=N–C) groups is 1. The van der Waals surface area contributed by atoms with E-state index in [1.807, 2.05) is 18.2 Å². The Labute approximate surface area is 127 Å². The van der Waals surface area contributed by atoms with E-state index in [0.717, 1.165) is 25.3 Å². The Hall–Kier alpha value is -0.820. The van der Waals surface area contributed by atoms with Crippen molar-refractivity contribution >= 4 is 35.6 Å². The topological polar surface area (TPSA) is 53.6 Å². The minimum Gasteiger partial charge on any atom is -0.370 e. The lowest BCUT2D eigenvalue weighted by molar-refractivity contribution is 0.363. The molecule has 18 heavy (non-hydrogen) atoms. The van der Waals surface area contributed by atoms with Crippen LogP contribution < -0.4 is 11.1 Å². The zero-order valence-corrected chi connectivity index (χ0v) is 13.6. The maximum absolute atomic E-state index is 5.80. The van der Waals surface area contributed by atoms with Crippen LogP contribution in [0.4, 0.5) is 5.69 Å². The molecular weight excluding hydrogens is 339 g/mol. The molecule has 1 aromatic rings. The molecule has 0 aliphatic heterocycles. The first-order chi connectivity index (χ1) is 8.11. The Morgan fingerprint density at radius 3 is 2.78 bits per heavy atom. The molecule has 3 N–H and O–H groups in total. The van der Waals surface area contributed by atoms with Crippen LogP contribution in [0.15, 0.2) is 29.3 Å². The Morgan fingerprint density at radius 1 is 1.44 bits per heavy atom. The smallest absolute Gasteiger partial charge is 0.193 e. The number of likely N-dealkylation sites (N-methyl/N-ethyl adjacent to an activating group) is 1. The van der Waals surface area contributed by atoms with E-state index in [-0.39, 0.29) is 24.0 Å². The number of anilines is 1. The first-order valence-corrected chi connectivity index (χ1v) is 5.94. The zero-order chi connectivity index (χ0) is 12.7. The van der Waals surface area contributed by atoms with E-state index in [1.54, 1.807) is 0 Å². The van der Waals surface area contributed by atoms with Crippen LogP contribution in [0.3, 0.4) is 0 Å². The summed E-state index contributed by atoms with van der Waals surface area (Å²) in [5.41, 5.74) is 7.99. The molecule has 0 atom stereocenters. The van der Waals surface area contributed by atoms with Gasteiger partial charge in [0.2, 0.25) is 0 Å². The third-order valence-corrected chi connectivity index (χ3v) is 2.59. The minimum atomic E-state index is 0. The summed E-state index contributed by atoms with van der Waals surface area (Å²) in [5.74, 6) is 0.472. The Morgan fingerprint density at radius 2 is 2.17 bits per heavy atom. The number of nitrogens with zero attached hydrogens (tertiary/aromatic N) is 2. The van der Waals surface area contributed by atoms with Crippen LogP contribution in [0.5, 0.6) is 0 Å². The van der Waals surface area contributed by atoms with Gasteiger partial charge < -0.3 is 16.0 Å². The van der Waals surface area contributed by atoms with E-state index in [4.69, 9.17) is 5.73 Å². The van der Waals surface area contributed by atoms with Gasteiger partial charge in [0.25, 0.3) is 0 Å². The van der Waals surface area contributed by atoms with Gasteiger partial charge in [-0.1, -0.05) is 19.1 Å². The molecule has 0 saturated heterocycles. The average molecular weight is 362 g/mol. The van der Waals surface area contributed by atoms with E-state index in [1.165, 1.54) is 5.56 Å². The second-order valence-electron chi connectivity index (χ2n) is 4.16. The van der Waals surface area contributed by atoms with Crippen molar-refractivity contribution in [1.29, 1.82) is 0 Å². The molecule has 0 radical (unpaired) electrons. The largest absolute Gasteiger partial charge is 0.370 e. The molecule has 0 aliphatic carbocycles. The van der Waals surface area contributed by atoms with Gasteiger partial charge >= 0.3 is 0 Å². The van der Waals surface area contributed by atoms with Crippen molar-refractivity contribution in [3.8, 4) is 0 Å². The number of aryl methyl sites for hydroxylation is 1. The highest BCUT2D eigenvalue weighted by Gasteiger charge is 1.96. The van der Waals surface area contributed by atoms with Gasteiger partial charge in [0.05, 0.1) is 6.54 Å². The maximum Gasteiger partial charge on any atom is 0.193 e. The third-order valence-electron chi connectivity index (χ3n) is 2.59. The molecule has 0 spiro atoms. The first kappa shape index (κ1) is 17.2. The van der Waals surface area contributed by atoms with E-state index in [0.29, 0.717) is 5.96 Å². The van der Waals surface area contributed by atoms with Crippen LogP contribution in [0.1, 0.15) is 12.5 Å². The number of rotatable bonds is 5. The van der Waals surface area contributed by atoms with Crippen molar-refractivity contribution in [3.05, 3.63) is 29.8 Å². The van der Waals surface area contributed by atoms with E-state index >= 15 is 0 Å². The normalized spacial score (nSPS) is 11.2. The summed E-state index contributed by atoms with van der Waals surface area (Å²) in [5, 5.41) is 3.08. The zero-order valence-electron chi connectivity index (χ0n) is 11.3. The molecule has 0 amide bonds. The fraction of sp³-hybridized carbons (Fsp3) is 0.462. The number of benzene rings is 1. The maximum atomic E-state index is 5.80. The summed E-state index contributed by atoms with van der Waals surface area (Å²) in [6.07, 6.45) is 0. The highest BCUT2D eigenvalue weighted by atomic mass is 127. The SMILES string of the molecule is CCN(C)CCN=C(N)Nc1cccc(C)c1.I. The molecule has 0 aromatic heterocycles. The predicted molar refractivity (Wildman–Crippen MR) is 89.9 cm³/mol. The summed E-state index contributed by atoms with van der Waals surface area (Å²) < 4.78 is 0. The van der Waals surface area contributed by atoms with Gasteiger partial charge in [-0.25, -0.2) is 0 Å². The average Bonchev–Trinajstić information content (AvgIpc) is 2.28. The molecule has 0 heterocycles. The van der Waals surface area contributed by atoms with Crippen LogP contribution in [0.2, 0.25) is 0 Å². The quantitative estimate of drug-likeness (QED) is 0.480. The molecule has 5 heteroatoms. The summed E-state index contributed by atoms with van der Waals surface area (Å²) in [7, 11) is 2.07. The van der Waals surface area contributed by atoms with Crippen molar-refractivity contribution in [2.45, 2.75) is 13.8 Å². The van der Waals surface area contributed by atoms with Gasteiger partial charge in [-0.15, -0.1) is 24.0 Å². The number of nitrogens with two attached hydrogens (primary N) is 1. The van der Waals surface area contributed by atoms with Gasteiger partial charge in [0.15, 0.2) is 5.96 Å².